The largest absolute Gasteiger partial charge is 0.370 e. The Morgan fingerprint density at radius 3 is 2.48 bits per heavy atom. The van der Waals surface area contributed by atoms with E-state index in [1.807, 2.05) is 10.3 Å². The fraction of sp³-hybridized carbons (Fsp3) is 0.375. The molecule has 0 saturated carbocycles. The summed E-state index contributed by atoms with van der Waals surface area (Å²) in [5.41, 5.74) is 6.07. The molecule has 1 fully saturated rings. The van der Waals surface area contributed by atoms with Crippen molar-refractivity contribution in [2.24, 2.45) is 10.7 Å². The average Bonchev–Trinajstić information content (AvgIpc) is 3.12. The zero-order chi connectivity index (χ0) is 16.9. The number of thiazole rings is 1. The van der Waals surface area contributed by atoms with Crippen molar-refractivity contribution in [2.75, 3.05) is 37.6 Å². The van der Waals surface area contributed by atoms with E-state index in [1.54, 1.807) is 17.5 Å². The molecule has 25 heavy (non-hydrogen) atoms. The van der Waals surface area contributed by atoms with Crippen LogP contribution in [0.5, 0.6) is 0 Å². The van der Waals surface area contributed by atoms with E-state index in [1.165, 1.54) is 18.2 Å². The number of nitrogens with two attached hydrogens (primary N) is 1. The predicted octanol–water partition coefficient (Wildman–Crippen LogP) is 2.72. The summed E-state index contributed by atoms with van der Waals surface area (Å²) in [4.78, 5) is 12.8. The van der Waals surface area contributed by atoms with Gasteiger partial charge in [0.1, 0.15) is 11.6 Å². The van der Waals surface area contributed by atoms with Crippen LogP contribution in [0.4, 0.5) is 13.9 Å². The molecule has 1 aromatic carbocycles. The number of aliphatic imine (C=N–C) groups is 1. The first-order valence-corrected chi connectivity index (χ1v) is 8.65. The Hall–Kier alpha value is -1.49. The molecule has 0 unspecified atom stereocenters. The molecular weight excluding hydrogens is 459 g/mol. The van der Waals surface area contributed by atoms with Crippen LogP contribution in [0.15, 0.2) is 34.8 Å². The Bertz CT molecular complexity index is 682. The van der Waals surface area contributed by atoms with Gasteiger partial charge in [0.15, 0.2) is 11.1 Å². The van der Waals surface area contributed by atoms with E-state index >= 15 is 0 Å². The molecule has 0 amide bonds. The first-order valence-electron chi connectivity index (χ1n) is 7.77. The van der Waals surface area contributed by atoms with Crippen molar-refractivity contribution < 1.29 is 8.78 Å². The van der Waals surface area contributed by atoms with Gasteiger partial charge in [-0.15, -0.1) is 35.3 Å². The minimum absolute atomic E-state index is 0. The van der Waals surface area contributed by atoms with Crippen LogP contribution in [0.3, 0.4) is 0 Å². The van der Waals surface area contributed by atoms with Crippen LogP contribution in [0, 0.1) is 11.6 Å². The quantitative estimate of drug-likeness (QED) is 0.417. The van der Waals surface area contributed by atoms with Crippen molar-refractivity contribution in [2.45, 2.75) is 6.42 Å². The van der Waals surface area contributed by atoms with Crippen molar-refractivity contribution in [3.05, 3.63) is 47.0 Å². The van der Waals surface area contributed by atoms with Gasteiger partial charge >= 0.3 is 0 Å². The maximum absolute atomic E-state index is 13.6. The molecule has 1 aliphatic heterocycles. The zero-order valence-corrected chi connectivity index (χ0v) is 16.7. The number of anilines is 1. The topological polar surface area (TPSA) is 57.8 Å². The molecule has 2 aromatic rings. The lowest BCUT2D eigenvalue weighted by molar-refractivity contribution is 0.380. The molecule has 0 bridgehead atoms. The van der Waals surface area contributed by atoms with Gasteiger partial charge in [0, 0.05) is 49.9 Å². The van der Waals surface area contributed by atoms with Crippen LogP contribution >= 0.6 is 35.3 Å². The smallest absolute Gasteiger partial charge is 0.191 e. The molecule has 0 radical (unpaired) electrons. The highest BCUT2D eigenvalue weighted by atomic mass is 127. The van der Waals surface area contributed by atoms with Gasteiger partial charge in [-0.25, -0.2) is 13.8 Å². The Labute approximate surface area is 166 Å². The lowest BCUT2D eigenvalue weighted by atomic mass is 10.1. The van der Waals surface area contributed by atoms with Gasteiger partial charge in [-0.1, -0.05) is 6.07 Å². The number of rotatable bonds is 4. The third-order valence-electron chi connectivity index (χ3n) is 3.99. The highest BCUT2D eigenvalue weighted by molar-refractivity contribution is 14.0. The molecule has 0 spiro atoms. The number of halogens is 3. The third kappa shape index (κ3) is 5.00. The number of nitrogens with zero attached hydrogens (tertiary/aromatic N) is 4. The van der Waals surface area contributed by atoms with Crippen molar-refractivity contribution in [1.29, 1.82) is 0 Å². The first-order chi connectivity index (χ1) is 11.6. The zero-order valence-electron chi connectivity index (χ0n) is 13.6. The van der Waals surface area contributed by atoms with E-state index in [0.717, 1.165) is 31.3 Å². The Morgan fingerprint density at radius 2 is 1.88 bits per heavy atom. The summed E-state index contributed by atoms with van der Waals surface area (Å²) in [6.07, 6.45) is 1.99. The predicted molar refractivity (Wildman–Crippen MR) is 108 cm³/mol. The second kappa shape index (κ2) is 9.27. The molecule has 1 saturated heterocycles. The summed E-state index contributed by atoms with van der Waals surface area (Å²) in [5.74, 6) is -0.660. The highest BCUT2D eigenvalue weighted by Crippen LogP contribution is 2.18. The average molecular weight is 479 g/mol. The molecule has 136 valence electrons. The molecule has 2 heterocycles. The summed E-state index contributed by atoms with van der Waals surface area (Å²) in [6.45, 7) is 3.42. The molecular formula is C16H20F2IN5S. The normalized spacial score (nSPS) is 15.2. The Balaban J connectivity index is 0.00000225. The molecule has 2 N–H and O–H groups in total. The fourth-order valence-corrected chi connectivity index (χ4v) is 3.35. The highest BCUT2D eigenvalue weighted by Gasteiger charge is 2.19. The first kappa shape index (κ1) is 19.8. The molecule has 1 aliphatic rings. The minimum Gasteiger partial charge on any atom is -0.370 e. The van der Waals surface area contributed by atoms with Gasteiger partial charge in [0.05, 0.1) is 0 Å². The van der Waals surface area contributed by atoms with Gasteiger partial charge in [-0.05, 0) is 18.6 Å². The van der Waals surface area contributed by atoms with E-state index in [2.05, 4.69) is 14.9 Å². The van der Waals surface area contributed by atoms with Gasteiger partial charge in [0.25, 0.3) is 0 Å². The van der Waals surface area contributed by atoms with Gasteiger partial charge < -0.3 is 15.5 Å². The maximum atomic E-state index is 13.6. The maximum Gasteiger partial charge on any atom is 0.191 e. The van der Waals surface area contributed by atoms with Crippen molar-refractivity contribution in [1.82, 2.24) is 9.88 Å². The van der Waals surface area contributed by atoms with Crippen LogP contribution in [-0.2, 0) is 6.42 Å². The van der Waals surface area contributed by atoms with E-state index in [4.69, 9.17) is 5.73 Å². The van der Waals surface area contributed by atoms with Crippen LogP contribution in [0.25, 0.3) is 0 Å². The van der Waals surface area contributed by atoms with Gasteiger partial charge in [0.2, 0.25) is 0 Å². The molecule has 0 aliphatic carbocycles. The SMILES string of the molecule is I.NC(=NCCc1c(F)cccc1F)N1CCN(c2nccs2)CC1. The summed E-state index contributed by atoms with van der Waals surface area (Å²) in [5, 5.41) is 2.97. The molecule has 1 aromatic heterocycles. The summed E-state index contributed by atoms with van der Waals surface area (Å²) in [7, 11) is 0. The number of guanidine groups is 1. The molecule has 3 rings (SSSR count). The Morgan fingerprint density at radius 1 is 1.20 bits per heavy atom. The monoisotopic (exact) mass is 479 g/mol. The number of hydrogen-bond acceptors (Lipinski definition) is 4. The summed E-state index contributed by atoms with van der Waals surface area (Å²) < 4.78 is 27.1. The number of aromatic nitrogens is 1. The van der Waals surface area contributed by atoms with Crippen LogP contribution in [0.2, 0.25) is 0 Å². The van der Waals surface area contributed by atoms with Gasteiger partial charge in [-0.3, -0.25) is 4.99 Å². The van der Waals surface area contributed by atoms with Crippen molar-refractivity contribution in [3.8, 4) is 0 Å². The van der Waals surface area contributed by atoms with Crippen molar-refractivity contribution >= 4 is 46.4 Å². The molecule has 0 atom stereocenters. The van der Waals surface area contributed by atoms with Crippen molar-refractivity contribution in [3.63, 3.8) is 0 Å². The molecule has 9 heteroatoms. The van der Waals surface area contributed by atoms with E-state index < -0.39 is 11.6 Å². The molecule has 5 nitrogen and oxygen atoms in total. The van der Waals surface area contributed by atoms with Crippen LogP contribution < -0.4 is 10.6 Å². The number of piperazine rings is 1. The second-order valence-corrected chi connectivity index (χ2v) is 6.35. The van der Waals surface area contributed by atoms with Crippen LogP contribution in [-0.4, -0.2) is 48.6 Å². The number of benzene rings is 1. The summed E-state index contributed by atoms with van der Waals surface area (Å²) in [6, 6.07) is 3.86. The van der Waals surface area contributed by atoms with E-state index in [0.29, 0.717) is 5.96 Å². The third-order valence-corrected chi connectivity index (χ3v) is 4.82. The standard InChI is InChI=1S/C16H19F2N5S.HI/c17-13-2-1-3-14(18)12(13)4-5-20-15(19)22-7-9-23(10-8-22)16-21-6-11-24-16;/h1-3,6,11H,4-5,7-10H2,(H2,19,20);1H. The lowest BCUT2D eigenvalue weighted by Crippen LogP contribution is -2.51. The van der Waals surface area contributed by atoms with E-state index in [-0.39, 0.29) is 42.5 Å². The van der Waals surface area contributed by atoms with Gasteiger partial charge in [-0.2, -0.15) is 0 Å². The lowest BCUT2D eigenvalue weighted by Gasteiger charge is -2.35. The minimum atomic E-state index is -0.541. The van der Waals surface area contributed by atoms with E-state index in [9.17, 15) is 8.78 Å². The fourth-order valence-electron chi connectivity index (χ4n) is 2.65. The Kier molecular flexibility index (Phi) is 7.36. The summed E-state index contributed by atoms with van der Waals surface area (Å²) >= 11 is 1.62. The second-order valence-electron chi connectivity index (χ2n) is 5.48. The number of hydrogen-bond donors (Lipinski definition) is 1. The van der Waals surface area contributed by atoms with Crippen LogP contribution in [0.1, 0.15) is 5.56 Å².